The van der Waals surface area contributed by atoms with Crippen LogP contribution in [0.5, 0.6) is 0 Å². The molecule has 2 N–H and O–H groups in total. The van der Waals surface area contributed by atoms with Crippen molar-refractivity contribution < 1.29 is 9.53 Å². The summed E-state index contributed by atoms with van der Waals surface area (Å²) < 4.78 is 4.78. The summed E-state index contributed by atoms with van der Waals surface area (Å²) in [5.74, 6) is -0.247. The van der Waals surface area contributed by atoms with Crippen molar-refractivity contribution in [2.75, 3.05) is 41.3 Å². The van der Waals surface area contributed by atoms with E-state index >= 15 is 0 Å². The number of esters is 1. The van der Waals surface area contributed by atoms with Crippen LogP contribution in [-0.2, 0) is 9.53 Å². The summed E-state index contributed by atoms with van der Waals surface area (Å²) in [5, 5.41) is 0. The Morgan fingerprint density at radius 1 is 1.41 bits per heavy atom. The molecule has 0 aromatic rings. The van der Waals surface area contributed by atoms with Gasteiger partial charge in [0.15, 0.2) is 0 Å². The van der Waals surface area contributed by atoms with Crippen LogP contribution in [0.4, 0.5) is 0 Å². The van der Waals surface area contributed by atoms with Crippen molar-refractivity contribution in [1.82, 2.24) is 9.80 Å². The standard InChI is InChI=1S/C12H25N3O2/c1-14(2)12(6-5-7-12)9-15(3)10(8-13)11(16)17-4/h10H,5-9,13H2,1-4H3. The zero-order valence-corrected chi connectivity index (χ0v) is 11.4. The van der Waals surface area contributed by atoms with Gasteiger partial charge in [0.05, 0.1) is 7.11 Å². The molecule has 1 aliphatic rings. The fourth-order valence-corrected chi connectivity index (χ4v) is 2.50. The molecule has 1 atom stereocenters. The van der Waals surface area contributed by atoms with Gasteiger partial charge in [0, 0.05) is 18.6 Å². The zero-order valence-electron chi connectivity index (χ0n) is 11.4. The van der Waals surface area contributed by atoms with E-state index in [1.807, 2.05) is 11.9 Å². The molecule has 0 radical (unpaired) electrons. The van der Waals surface area contributed by atoms with Gasteiger partial charge in [0.2, 0.25) is 0 Å². The number of nitrogens with two attached hydrogens (primary N) is 1. The third-order valence-corrected chi connectivity index (χ3v) is 4.01. The van der Waals surface area contributed by atoms with Gasteiger partial charge in [-0.25, -0.2) is 0 Å². The van der Waals surface area contributed by atoms with Crippen molar-refractivity contribution >= 4 is 5.97 Å². The average molecular weight is 243 g/mol. The summed E-state index contributed by atoms with van der Waals surface area (Å²) in [6, 6.07) is -0.336. The second-order valence-electron chi connectivity index (χ2n) is 5.16. The van der Waals surface area contributed by atoms with Crippen molar-refractivity contribution in [3.63, 3.8) is 0 Å². The molecule has 1 saturated carbocycles. The molecule has 5 heteroatoms. The fraction of sp³-hybridized carbons (Fsp3) is 0.917. The van der Waals surface area contributed by atoms with Crippen molar-refractivity contribution in [2.45, 2.75) is 30.8 Å². The maximum absolute atomic E-state index is 11.6. The van der Waals surface area contributed by atoms with Crippen LogP contribution in [0.15, 0.2) is 0 Å². The van der Waals surface area contributed by atoms with Crippen LogP contribution in [0.25, 0.3) is 0 Å². The first-order chi connectivity index (χ1) is 7.96. The Labute approximate surface area is 104 Å². The van der Waals surface area contributed by atoms with Crippen molar-refractivity contribution in [2.24, 2.45) is 5.73 Å². The lowest BCUT2D eigenvalue weighted by Gasteiger charge is -2.50. The Morgan fingerprint density at radius 3 is 2.29 bits per heavy atom. The van der Waals surface area contributed by atoms with E-state index < -0.39 is 0 Å². The first-order valence-electron chi connectivity index (χ1n) is 6.12. The number of ether oxygens (including phenoxy) is 1. The number of likely N-dealkylation sites (N-methyl/N-ethyl adjacent to an activating group) is 2. The maximum atomic E-state index is 11.6. The minimum Gasteiger partial charge on any atom is -0.468 e. The third-order valence-electron chi connectivity index (χ3n) is 4.01. The molecule has 0 bridgehead atoms. The molecular formula is C12H25N3O2. The Kier molecular flexibility index (Phi) is 4.91. The fourth-order valence-electron chi connectivity index (χ4n) is 2.50. The van der Waals surface area contributed by atoms with Gasteiger partial charge in [0.25, 0.3) is 0 Å². The highest BCUT2D eigenvalue weighted by atomic mass is 16.5. The summed E-state index contributed by atoms with van der Waals surface area (Å²) in [7, 11) is 7.55. The van der Waals surface area contributed by atoms with E-state index in [-0.39, 0.29) is 17.6 Å². The van der Waals surface area contributed by atoms with Crippen LogP contribution >= 0.6 is 0 Å². The van der Waals surface area contributed by atoms with E-state index in [1.165, 1.54) is 26.4 Å². The van der Waals surface area contributed by atoms with E-state index in [0.717, 1.165) is 6.54 Å². The maximum Gasteiger partial charge on any atom is 0.324 e. The topological polar surface area (TPSA) is 58.8 Å². The molecule has 1 aliphatic carbocycles. The van der Waals surface area contributed by atoms with Crippen molar-refractivity contribution in [3.05, 3.63) is 0 Å². The second kappa shape index (κ2) is 5.80. The molecule has 0 aromatic carbocycles. The minimum atomic E-state index is -0.336. The first-order valence-corrected chi connectivity index (χ1v) is 6.12. The van der Waals surface area contributed by atoms with Crippen LogP contribution in [0.2, 0.25) is 0 Å². The molecule has 5 nitrogen and oxygen atoms in total. The molecule has 0 spiro atoms. The molecule has 0 amide bonds. The Balaban J connectivity index is 2.63. The molecule has 0 heterocycles. The molecule has 1 rings (SSSR count). The van der Waals surface area contributed by atoms with Crippen LogP contribution in [0, 0.1) is 0 Å². The predicted molar refractivity (Wildman–Crippen MR) is 67.8 cm³/mol. The number of hydrogen-bond donors (Lipinski definition) is 1. The molecule has 0 aromatic heterocycles. The molecule has 0 saturated heterocycles. The summed E-state index contributed by atoms with van der Waals surface area (Å²) in [6.45, 7) is 1.16. The SMILES string of the molecule is COC(=O)C(CN)N(C)CC1(N(C)C)CCC1. The van der Waals surface area contributed by atoms with Gasteiger partial charge < -0.3 is 15.4 Å². The number of carbonyl (C=O) groups is 1. The van der Waals surface area contributed by atoms with Gasteiger partial charge in [0.1, 0.15) is 6.04 Å². The first kappa shape index (κ1) is 14.4. The Morgan fingerprint density at radius 2 is 2.00 bits per heavy atom. The largest absolute Gasteiger partial charge is 0.468 e. The van der Waals surface area contributed by atoms with E-state index in [9.17, 15) is 4.79 Å². The lowest BCUT2D eigenvalue weighted by atomic mass is 9.75. The van der Waals surface area contributed by atoms with Crippen LogP contribution in [-0.4, -0.2) is 68.7 Å². The van der Waals surface area contributed by atoms with Gasteiger partial charge in [-0.15, -0.1) is 0 Å². The monoisotopic (exact) mass is 243 g/mol. The molecule has 100 valence electrons. The zero-order chi connectivity index (χ0) is 13.1. The normalized spacial score (nSPS) is 20.2. The van der Waals surface area contributed by atoms with Crippen LogP contribution in [0.3, 0.4) is 0 Å². The van der Waals surface area contributed by atoms with Gasteiger partial charge in [-0.1, -0.05) is 0 Å². The lowest BCUT2D eigenvalue weighted by molar-refractivity contribution is -0.147. The number of hydrogen-bond acceptors (Lipinski definition) is 5. The predicted octanol–water partition coefficient (Wildman–Crippen LogP) is -0.0972. The quantitative estimate of drug-likeness (QED) is 0.660. The third kappa shape index (κ3) is 2.97. The van der Waals surface area contributed by atoms with Crippen LogP contribution < -0.4 is 5.73 Å². The van der Waals surface area contributed by atoms with Crippen molar-refractivity contribution in [3.8, 4) is 0 Å². The Bertz CT molecular complexity index is 264. The number of carbonyl (C=O) groups excluding carboxylic acids is 1. The van der Waals surface area contributed by atoms with Crippen molar-refractivity contribution in [1.29, 1.82) is 0 Å². The molecule has 1 fully saturated rings. The highest BCUT2D eigenvalue weighted by Gasteiger charge is 2.41. The molecular weight excluding hydrogens is 218 g/mol. The van der Waals surface area contributed by atoms with Gasteiger partial charge in [-0.3, -0.25) is 9.69 Å². The average Bonchev–Trinajstić information content (AvgIpc) is 2.23. The smallest absolute Gasteiger partial charge is 0.324 e. The van der Waals surface area contributed by atoms with E-state index in [4.69, 9.17) is 10.5 Å². The molecule has 17 heavy (non-hydrogen) atoms. The van der Waals surface area contributed by atoms with E-state index in [2.05, 4.69) is 19.0 Å². The van der Waals surface area contributed by atoms with Gasteiger partial charge >= 0.3 is 5.97 Å². The second-order valence-corrected chi connectivity index (χ2v) is 5.16. The minimum absolute atomic E-state index is 0.205. The van der Waals surface area contributed by atoms with E-state index in [1.54, 1.807) is 0 Å². The Hall–Kier alpha value is -0.650. The number of nitrogens with zero attached hydrogens (tertiary/aromatic N) is 2. The van der Waals surface area contributed by atoms with Crippen LogP contribution in [0.1, 0.15) is 19.3 Å². The number of rotatable bonds is 6. The summed E-state index contributed by atoms with van der Waals surface area (Å²) >= 11 is 0. The summed E-state index contributed by atoms with van der Waals surface area (Å²) in [5.41, 5.74) is 5.85. The molecule has 1 unspecified atom stereocenters. The van der Waals surface area contributed by atoms with E-state index in [0.29, 0.717) is 6.54 Å². The highest BCUT2D eigenvalue weighted by molar-refractivity contribution is 5.75. The lowest BCUT2D eigenvalue weighted by Crippen LogP contribution is -2.59. The molecule has 0 aliphatic heterocycles. The number of methoxy groups -OCH3 is 1. The van der Waals surface area contributed by atoms with Gasteiger partial charge in [-0.05, 0) is 40.4 Å². The summed E-state index contributed by atoms with van der Waals surface area (Å²) in [6.07, 6.45) is 3.63. The van der Waals surface area contributed by atoms with Gasteiger partial charge in [-0.2, -0.15) is 0 Å². The summed E-state index contributed by atoms with van der Waals surface area (Å²) in [4.78, 5) is 15.9. The highest BCUT2D eigenvalue weighted by Crippen LogP contribution is 2.36.